The Morgan fingerprint density at radius 1 is 1.09 bits per heavy atom. The van der Waals surface area contributed by atoms with E-state index in [1.165, 1.54) is 37.8 Å². The fourth-order valence-corrected chi connectivity index (χ4v) is 3.34. The number of amides is 1. The molecule has 10 heteroatoms. The van der Waals surface area contributed by atoms with Crippen molar-refractivity contribution < 1.29 is 32.4 Å². The van der Waals surface area contributed by atoms with E-state index in [1.54, 1.807) is 16.7 Å². The molecule has 0 spiro atoms. The van der Waals surface area contributed by atoms with Crippen molar-refractivity contribution in [3.8, 4) is 0 Å². The summed E-state index contributed by atoms with van der Waals surface area (Å²) < 4.78 is 38.0. The molecule has 0 unspecified atom stereocenters. The average Bonchev–Trinajstić information content (AvgIpc) is 3.43. The lowest BCUT2D eigenvalue weighted by molar-refractivity contribution is -0.112. The second kappa shape index (κ2) is 8.42. The van der Waals surface area contributed by atoms with Gasteiger partial charge in [-0.15, -0.1) is 0 Å². The summed E-state index contributed by atoms with van der Waals surface area (Å²) in [6, 6.07) is 9.46. The van der Waals surface area contributed by atoms with Gasteiger partial charge in [-0.2, -0.15) is 0 Å². The van der Waals surface area contributed by atoms with Crippen LogP contribution >= 0.6 is 0 Å². The lowest BCUT2D eigenvalue weighted by atomic mass is 10.0. The maximum absolute atomic E-state index is 13.7. The molecule has 0 aliphatic rings. The van der Waals surface area contributed by atoms with Gasteiger partial charge in [-0.1, -0.05) is 17.3 Å². The number of esters is 1. The standard InChI is InChI=1S/C22H15F2N3O5/c1-31-22(30)13-3-2-4-17-19(13)14(20(28)21(29)25-18-7-8-32-26-18)11-27(17)10-12-5-6-15(23)16(24)9-12/h2-9,11H,10H2,1H3,(H,25,26,29). The van der Waals surface area contributed by atoms with Crippen molar-refractivity contribution in [2.75, 3.05) is 12.4 Å². The highest BCUT2D eigenvalue weighted by Crippen LogP contribution is 2.28. The van der Waals surface area contributed by atoms with E-state index >= 15 is 0 Å². The second-order valence-electron chi connectivity index (χ2n) is 6.78. The number of rotatable bonds is 6. The minimum Gasteiger partial charge on any atom is -0.465 e. The summed E-state index contributed by atoms with van der Waals surface area (Å²) >= 11 is 0. The number of methoxy groups -OCH3 is 1. The molecule has 0 atom stereocenters. The summed E-state index contributed by atoms with van der Waals surface area (Å²) in [5.74, 6) is -4.59. The molecule has 4 aromatic rings. The van der Waals surface area contributed by atoms with Crippen LogP contribution in [0.2, 0.25) is 0 Å². The van der Waals surface area contributed by atoms with E-state index < -0.39 is 29.3 Å². The molecule has 0 aliphatic heterocycles. The Kier molecular flexibility index (Phi) is 5.50. The van der Waals surface area contributed by atoms with E-state index in [0.717, 1.165) is 12.1 Å². The van der Waals surface area contributed by atoms with Gasteiger partial charge in [0.25, 0.3) is 11.7 Å². The molecule has 32 heavy (non-hydrogen) atoms. The first kappa shape index (κ1) is 20.9. The van der Waals surface area contributed by atoms with Gasteiger partial charge < -0.3 is 19.1 Å². The highest BCUT2D eigenvalue weighted by molar-refractivity contribution is 6.48. The van der Waals surface area contributed by atoms with E-state index in [2.05, 4.69) is 15.0 Å². The minimum absolute atomic E-state index is 0.0436. The third-order valence-corrected chi connectivity index (χ3v) is 4.78. The highest BCUT2D eigenvalue weighted by atomic mass is 19.2. The van der Waals surface area contributed by atoms with E-state index in [9.17, 15) is 23.2 Å². The Hall–Kier alpha value is -4.34. The zero-order valence-electron chi connectivity index (χ0n) is 16.6. The van der Waals surface area contributed by atoms with Gasteiger partial charge in [-0.05, 0) is 29.8 Å². The SMILES string of the molecule is COC(=O)c1cccc2c1c(C(=O)C(=O)Nc1ccon1)cn2Cc1ccc(F)c(F)c1. The van der Waals surface area contributed by atoms with Crippen LogP contribution in [-0.2, 0) is 16.1 Å². The van der Waals surface area contributed by atoms with Crippen molar-refractivity contribution in [1.82, 2.24) is 9.72 Å². The number of nitrogens with zero attached hydrogens (tertiary/aromatic N) is 2. The van der Waals surface area contributed by atoms with Gasteiger partial charge in [0.05, 0.1) is 18.2 Å². The number of halogens is 2. The minimum atomic E-state index is -1.02. The van der Waals surface area contributed by atoms with Crippen LogP contribution in [0.1, 0.15) is 26.3 Å². The van der Waals surface area contributed by atoms with Crippen LogP contribution in [0.4, 0.5) is 14.6 Å². The molecule has 1 N–H and O–H groups in total. The van der Waals surface area contributed by atoms with Crippen molar-refractivity contribution in [3.05, 3.63) is 83.2 Å². The Morgan fingerprint density at radius 2 is 1.91 bits per heavy atom. The number of anilines is 1. The Morgan fingerprint density at radius 3 is 2.59 bits per heavy atom. The number of carbonyl (C=O) groups excluding carboxylic acids is 3. The Balaban J connectivity index is 1.81. The molecule has 0 bridgehead atoms. The van der Waals surface area contributed by atoms with Crippen LogP contribution in [-0.4, -0.2) is 34.5 Å². The number of hydrogen-bond donors (Lipinski definition) is 1. The molecule has 162 valence electrons. The van der Waals surface area contributed by atoms with Crippen molar-refractivity contribution in [1.29, 1.82) is 0 Å². The molecule has 1 amide bonds. The maximum Gasteiger partial charge on any atom is 0.338 e. The lowest BCUT2D eigenvalue weighted by Gasteiger charge is -2.07. The number of ketones is 1. The number of ether oxygens (including phenoxy) is 1. The lowest BCUT2D eigenvalue weighted by Crippen LogP contribution is -2.23. The smallest absolute Gasteiger partial charge is 0.338 e. The van der Waals surface area contributed by atoms with Crippen LogP contribution < -0.4 is 5.32 Å². The molecule has 0 saturated heterocycles. The fraction of sp³-hybridized carbons (Fsp3) is 0.0909. The van der Waals surface area contributed by atoms with E-state index in [0.29, 0.717) is 11.1 Å². The number of fused-ring (bicyclic) bond motifs is 1. The molecule has 0 aliphatic carbocycles. The molecule has 0 radical (unpaired) electrons. The topological polar surface area (TPSA) is 103 Å². The molecule has 8 nitrogen and oxygen atoms in total. The highest BCUT2D eigenvalue weighted by Gasteiger charge is 2.26. The van der Waals surface area contributed by atoms with Gasteiger partial charge >= 0.3 is 5.97 Å². The molecular formula is C22H15F2N3O5. The van der Waals surface area contributed by atoms with E-state index in [1.807, 2.05) is 0 Å². The number of nitrogens with one attached hydrogen (secondary N) is 1. The van der Waals surface area contributed by atoms with Gasteiger partial charge in [0.1, 0.15) is 6.26 Å². The largest absolute Gasteiger partial charge is 0.465 e. The molecular weight excluding hydrogens is 424 g/mol. The summed E-state index contributed by atoms with van der Waals surface area (Å²) in [4.78, 5) is 37.8. The van der Waals surface area contributed by atoms with Crippen LogP contribution in [0.25, 0.3) is 10.9 Å². The maximum atomic E-state index is 13.7. The van der Waals surface area contributed by atoms with Gasteiger partial charge in [0, 0.05) is 29.7 Å². The van der Waals surface area contributed by atoms with Crippen LogP contribution in [0.15, 0.2) is 59.4 Å². The van der Waals surface area contributed by atoms with Gasteiger partial charge in [0.15, 0.2) is 17.5 Å². The van der Waals surface area contributed by atoms with Crippen molar-refractivity contribution in [2.24, 2.45) is 0 Å². The molecule has 2 aromatic carbocycles. The number of carbonyl (C=O) groups is 3. The first-order chi connectivity index (χ1) is 15.4. The number of Topliss-reactive ketones (excluding diaryl/α,β-unsaturated/α-hetero) is 1. The third kappa shape index (κ3) is 3.85. The van der Waals surface area contributed by atoms with Crippen molar-refractivity contribution >= 4 is 34.4 Å². The second-order valence-corrected chi connectivity index (χ2v) is 6.78. The number of benzene rings is 2. The quantitative estimate of drug-likeness (QED) is 0.280. The van der Waals surface area contributed by atoms with Crippen LogP contribution in [0, 0.1) is 11.6 Å². The van der Waals surface area contributed by atoms with Crippen LogP contribution in [0.5, 0.6) is 0 Å². The van der Waals surface area contributed by atoms with Gasteiger partial charge in [-0.25, -0.2) is 13.6 Å². The summed E-state index contributed by atoms with van der Waals surface area (Å²) in [6.45, 7) is 0.0521. The molecule has 0 saturated carbocycles. The molecule has 0 fully saturated rings. The van der Waals surface area contributed by atoms with E-state index in [4.69, 9.17) is 4.74 Å². The normalized spacial score (nSPS) is 10.8. The van der Waals surface area contributed by atoms with Gasteiger partial charge in [0.2, 0.25) is 0 Å². The van der Waals surface area contributed by atoms with E-state index in [-0.39, 0.29) is 28.9 Å². The summed E-state index contributed by atoms with van der Waals surface area (Å²) in [5.41, 5.74) is 0.849. The monoisotopic (exact) mass is 439 g/mol. The summed E-state index contributed by atoms with van der Waals surface area (Å²) in [7, 11) is 1.19. The Labute approximate surface area is 179 Å². The third-order valence-electron chi connectivity index (χ3n) is 4.78. The number of hydrogen-bond acceptors (Lipinski definition) is 6. The first-order valence-electron chi connectivity index (χ1n) is 9.29. The van der Waals surface area contributed by atoms with Crippen LogP contribution in [0.3, 0.4) is 0 Å². The van der Waals surface area contributed by atoms with Crippen molar-refractivity contribution in [2.45, 2.75) is 6.54 Å². The molecule has 2 aromatic heterocycles. The predicted octanol–water partition coefficient (Wildman–Crippen LogP) is 3.56. The first-order valence-corrected chi connectivity index (χ1v) is 9.29. The summed E-state index contributed by atoms with van der Waals surface area (Å²) in [6.07, 6.45) is 2.60. The Bertz CT molecular complexity index is 1350. The number of aromatic nitrogens is 2. The molecule has 4 rings (SSSR count). The average molecular weight is 439 g/mol. The van der Waals surface area contributed by atoms with Gasteiger partial charge in [-0.3, -0.25) is 9.59 Å². The zero-order chi connectivity index (χ0) is 22.8. The fourth-order valence-electron chi connectivity index (χ4n) is 3.34. The zero-order valence-corrected chi connectivity index (χ0v) is 16.6. The predicted molar refractivity (Wildman–Crippen MR) is 108 cm³/mol. The molecule has 2 heterocycles. The van der Waals surface area contributed by atoms with Crippen molar-refractivity contribution in [3.63, 3.8) is 0 Å². The summed E-state index contributed by atoms with van der Waals surface area (Å²) in [5, 5.41) is 6.03.